The summed E-state index contributed by atoms with van der Waals surface area (Å²) in [7, 11) is 0. The Labute approximate surface area is 189 Å². The summed E-state index contributed by atoms with van der Waals surface area (Å²) in [4.78, 5) is 26.7. The van der Waals surface area contributed by atoms with Gasteiger partial charge in [-0.3, -0.25) is 4.79 Å². The van der Waals surface area contributed by atoms with Crippen LogP contribution in [0.5, 0.6) is 5.75 Å². The van der Waals surface area contributed by atoms with Crippen LogP contribution >= 0.6 is 0 Å². The molecule has 0 bridgehead atoms. The first kappa shape index (κ1) is 23.6. The first-order valence-corrected chi connectivity index (χ1v) is 10.9. The SMILES string of the molecule is CC(OC(=O)COc1ccc(C(C)(C)C)cc1)C(=O)Nc1ccc(N2CCOCC2)cc1. The minimum absolute atomic E-state index is 0.0447. The maximum Gasteiger partial charge on any atom is 0.344 e. The quantitative estimate of drug-likeness (QED) is 0.661. The second-order valence-corrected chi connectivity index (χ2v) is 8.83. The number of nitrogens with zero attached hydrogens (tertiary/aromatic N) is 1. The Balaban J connectivity index is 1.44. The molecule has 0 aromatic heterocycles. The van der Waals surface area contributed by atoms with Gasteiger partial charge in [-0.05, 0) is 54.3 Å². The van der Waals surface area contributed by atoms with Crippen LogP contribution < -0.4 is 15.0 Å². The number of ether oxygens (including phenoxy) is 3. The van der Waals surface area contributed by atoms with Gasteiger partial charge >= 0.3 is 5.97 Å². The summed E-state index contributed by atoms with van der Waals surface area (Å²) in [6.07, 6.45) is -0.937. The van der Waals surface area contributed by atoms with E-state index in [1.165, 1.54) is 12.5 Å². The number of carbonyl (C=O) groups excluding carboxylic acids is 2. The normalized spacial score (nSPS) is 15.1. The molecular formula is C25H32N2O5. The number of morpholine rings is 1. The molecule has 1 unspecified atom stereocenters. The molecule has 1 atom stereocenters. The lowest BCUT2D eigenvalue weighted by Crippen LogP contribution is -2.36. The zero-order valence-electron chi connectivity index (χ0n) is 19.2. The van der Waals surface area contributed by atoms with Crippen LogP contribution in [0.25, 0.3) is 0 Å². The molecule has 3 rings (SSSR count). The summed E-state index contributed by atoms with van der Waals surface area (Å²) in [6, 6.07) is 15.2. The number of anilines is 2. The van der Waals surface area contributed by atoms with Gasteiger partial charge in [0.2, 0.25) is 0 Å². The van der Waals surface area contributed by atoms with Gasteiger partial charge in [0.1, 0.15) is 5.75 Å². The lowest BCUT2D eigenvalue weighted by molar-refractivity contribution is -0.155. The number of amides is 1. The number of esters is 1. The zero-order valence-corrected chi connectivity index (χ0v) is 19.2. The molecule has 7 nitrogen and oxygen atoms in total. The van der Waals surface area contributed by atoms with Gasteiger partial charge in [-0.15, -0.1) is 0 Å². The van der Waals surface area contributed by atoms with Crippen molar-refractivity contribution in [1.82, 2.24) is 0 Å². The summed E-state index contributed by atoms with van der Waals surface area (Å²) in [6.45, 7) is 10.8. The number of benzene rings is 2. The van der Waals surface area contributed by atoms with Crippen LogP contribution in [-0.4, -0.2) is 50.9 Å². The van der Waals surface area contributed by atoms with E-state index in [9.17, 15) is 9.59 Å². The molecule has 1 N–H and O–H groups in total. The Kier molecular flexibility index (Phi) is 7.75. The van der Waals surface area contributed by atoms with Crippen molar-refractivity contribution < 1.29 is 23.8 Å². The fourth-order valence-electron chi connectivity index (χ4n) is 3.30. The van der Waals surface area contributed by atoms with Crippen molar-refractivity contribution >= 4 is 23.3 Å². The van der Waals surface area contributed by atoms with Crippen molar-refractivity contribution in [2.45, 2.75) is 39.2 Å². The van der Waals surface area contributed by atoms with E-state index in [2.05, 4.69) is 31.0 Å². The van der Waals surface area contributed by atoms with E-state index in [0.29, 0.717) is 24.7 Å². The summed E-state index contributed by atoms with van der Waals surface area (Å²) in [5, 5.41) is 2.77. The third-order valence-electron chi connectivity index (χ3n) is 5.27. The van der Waals surface area contributed by atoms with Crippen LogP contribution in [0.3, 0.4) is 0 Å². The molecule has 32 heavy (non-hydrogen) atoms. The second kappa shape index (κ2) is 10.5. The molecule has 1 saturated heterocycles. The Morgan fingerprint density at radius 1 is 1.03 bits per heavy atom. The summed E-state index contributed by atoms with van der Waals surface area (Å²) >= 11 is 0. The van der Waals surface area contributed by atoms with Gasteiger partial charge in [-0.25, -0.2) is 4.79 Å². The van der Waals surface area contributed by atoms with Crippen molar-refractivity contribution in [2.75, 3.05) is 43.1 Å². The fourth-order valence-corrected chi connectivity index (χ4v) is 3.30. The number of carbonyl (C=O) groups is 2. The molecule has 172 valence electrons. The highest BCUT2D eigenvalue weighted by atomic mass is 16.6. The number of rotatable bonds is 7. The summed E-state index contributed by atoms with van der Waals surface area (Å²) in [5.41, 5.74) is 2.95. The van der Waals surface area contributed by atoms with Crippen molar-refractivity contribution in [1.29, 1.82) is 0 Å². The third kappa shape index (κ3) is 6.72. The van der Waals surface area contributed by atoms with Gasteiger partial charge in [-0.1, -0.05) is 32.9 Å². The van der Waals surface area contributed by atoms with E-state index in [0.717, 1.165) is 18.8 Å². The highest BCUT2D eigenvalue weighted by Crippen LogP contribution is 2.24. The van der Waals surface area contributed by atoms with E-state index >= 15 is 0 Å². The molecule has 1 amide bonds. The monoisotopic (exact) mass is 440 g/mol. The van der Waals surface area contributed by atoms with Crippen LogP contribution in [0.2, 0.25) is 0 Å². The van der Waals surface area contributed by atoms with E-state index in [1.807, 2.05) is 48.5 Å². The number of hydrogen-bond donors (Lipinski definition) is 1. The average molecular weight is 441 g/mol. The molecular weight excluding hydrogens is 408 g/mol. The smallest absolute Gasteiger partial charge is 0.344 e. The molecule has 2 aromatic carbocycles. The third-order valence-corrected chi connectivity index (χ3v) is 5.27. The molecule has 2 aromatic rings. The Bertz CT molecular complexity index is 897. The van der Waals surface area contributed by atoms with E-state index < -0.39 is 18.0 Å². The van der Waals surface area contributed by atoms with Gasteiger partial charge < -0.3 is 24.4 Å². The Morgan fingerprint density at radius 3 is 2.25 bits per heavy atom. The van der Waals surface area contributed by atoms with Crippen LogP contribution in [-0.2, 0) is 24.5 Å². The molecule has 1 aliphatic rings. The van der Waals surface area contributed by atoms with Crippen LogP contribution in [0.4, 0.5) is 11.4 Å². The van der Waals surface area contributed by atoms with Crippen molar-refractivity contribution in [2.24, 2.45) is 0 Å². The molecule has 1 fully saturated rings. The van der Waals surface area contributed by atoms with Gasteiger partial charge in [0.15, 0.2) is 12.7 Å². The molecule has 7 heteroatoms. The van der Waals surface area contributed by atoms with Crippen molar-refractivity contribution in [3.8, 4) is 5.75 Å². The minimum Gasteiger partial charge on any atom is -0.482 e. The molecule has 1 aliphatic heterocycles. The molecule has 0 saturated carbocycles. The first-order valence-electron chi connectivity index (χ1n) is 10.9. The van der Waals surface area contributed by atoms with Crippen LogP contribution in [0.1, 0.15) is 33.3 Å². The largest absolute Gasteiger partial charge is 0.482 e. The first-order chi connectivity index (χ1) is 15.2. The van der Waals surface area contributed by atoms with Gasteiger partial charge in [-0.2, -0.15) is 0 Å². The van der Waals surface area contributed by atoms with Crippen LogP contribution in [0, 0.1) is 0 Å². The lowest BCUT2D eigenvalue weighted by Gasteiger charge is -2.28. The second-order valence-electron chi connectivity index (χ2n) is 8.83. The average Bonchev–Trinajstić information content (AvgIpc) is 2.78. The predicted octanol–water partition coefficient (Wildman–Crippen LogP) is 3.77. The molecule has 0 radical (unpaired) electrons. The van der Waals surface area contributed by atoms with Crippen molar-refractivity contribution in [3.63, 3.8) is 0 Å². The zero-order chi connectivity index (χ0) is 23.1. The van der Waals surface area contributed by atoms with Crippen molar-refractivity contribution in [3.05, 3.63) is 54.1 Å². The topological polar surface area (TPSA) is 77.1 Å². The summed E-state index contributed by atoms with van der Waals surface area (Å²) in [5.74, 6) is -0.422. The fraction of sp³-hybridized carbons (Fsp3) is 0.440. The van der Waals surface area contributed by atoms with Gasteiger partial charge in [0.25, 0.3) is 5.91 Å². The molecule has 0 spiro atoms. The van der Waals surface area contributed by atoms with E-state index in [1.54, 1.807) is 0 Å². The molecule has 0 aliphatic carbocycles. The molecule has 1 heterocycles. The number of hydrogen-bond acceptors (Lipinski definition) is 6. The van der Waals surface area contributed by atoms with E-state index in [-0.39, 0.29) is 12.0 Å². The summed E-state index contributed by atoms with van der Waals surface area (Å²) < 4.78 is 16.1. The number of nitrogens with one attached hydrogen (secondary N) is 1. The van der Waals surface area contributed by atoms with E-state index in [4.69, 9.17) is 14.2 Å². The maximum atomic E-state index is 12.4. The Hall–Kier alpha value is -3.06. The van der Waals surface area contributed by atoms with Gasteiger partial charge in [0, 0.05) is 24.5 Å². The minimum atomic E-state index is -0.937. The Morgan fingerprint density at radius 2 is 1.66 bits per heavy atom. The maximum absolute atomic E-state index is 12.4. The standard InChI is InChI=1S/C25H32N2O5/c1-18(32-23(28)17-31-22-11-5-19(6-12-22)25(2,3)4)24(29)26-20-7-9-21(10-8-20)27-13-15-30-16-14-27/h5-12,18H,13-17H2,1-4H3,(H,26,29). The lowest BCUT2D eigenvalue weighted by atomic mass is 9.87. The highest BCUT2D eigenvalue weighted by molar-refractivity contribution is 5.95. The van der Waals surface area contributed by atoms with Crippen LogP contribution in [0.15, 0.2) is 48.5 Å². The highest BCUT2D eigenvalue weighted by Gasteiger charge is 2.19. The predicted molar refractivity (Wildman–Crippen MR) is 124 cm³/mol. The van der Waals surface area contributed by atoms with Gasteiger partial charge in [0.05, 0.1) is 13.2 Å².